The molecule has 0 aliphatic carbocycles. The van der Waals surface area contributed by atoms with Crippen LogP contribution in [0.3, 0.4) is 0 Å². The topological polar surface area (TPSA) is 63.4 Å². The number of ether oxygens (including phenoxy) is 1. The van der Waals surface area contributed by atoms with E-state index in [4.69, 9.17) is 4.74 Å². The number of hydrogen-bond donors (Lipinski definition) is 1. The van der Waals surface area contributed by atoms with Gasteiger partial charge in [-0.2, -0.15) is 0 Å². The zero-order valence-electron chi connectivity index (χ0n) is 14.9. The molecule has 6 heteroatoms. The molecule has 1 saturated heterocycles. The third-order valence-corrected chi connectivity index (χ3v) is 5.21. The number of nitrogens with zero attached hydrogens (tertiary/aromatic N) is 4. The van der Waals surface area contributed by atoms with Crippen LogP contribution in [0, 0.1) is 6.92 Å². The molecule has 0 radical (unpaired) electrons. The highest BCUT2D eigenvalue weighted by Crippen LogP contribution is 2.35. The predicted octanol–water partition coefficient (Wildman–Crippen LogP) is 2.00. The lowest BCUT2D eigenvalue weighted by atomic mass is 9.86. The molecular formula is C18H26N4O2. The van der Waals surface area contributed by atoms with Crippen LogP contribution >= 0.6 is 0 Å². The lowest BCUT2D eigenvalue weighted by Gasteiger charge is -2.36. The molecule has 0 saturated carbocycles. The lowest BCUT2D eigenvalue weighted by molar-refractivity contribution is -0.0263. The first-order valence-corrected chi connectivity index (χ1v) is 8.39. The summed E-state index contributed by atoms with van der Waals surface area (Å²) >= 11 is 0. The fourth-order valence-electron chi connectivity index (χ4n) is 3.54. The Balaban J connectivity index is 1.81. The fourth-order valence-corrected chi connectivity index (χ4v) is 3.54. The molecule has 1 aromatic carbocycles. The molecule has 6 nitrogen and oxygen atoms in total. The molecule has 1 aromatic heterocycles. The van der Waals surface area contributed by atoms with Gasteiger partial charge in [-0.25, -0.2) is 0 Å². The largest absolute Gasteiger partial charge is 0.497 e. The molecule has 0 amide bonds. The number of hydrogen-bond acceptors (Lipinski definition) is 5. The van der Waals surface area contributed by atoms with Gasteiger partial charge in [0.15, 0.2) is 0 Å². The summed E-state index contributed by atoms with van der Waals surface area (Å²) in [5.74, 6) is 2.64. The third kappa shape index (κ3) is 3.03. The number of aromatic nitrogens is 3. The SMILES string of the molecule is COc1ccc([C@](C)(O)[C@@H]2CCCN2Cc2nnc(C)n2C)cc1. The summed E-state index contributed by atoms with van der Waals surface area (Å²) in [5.41, 5.74) is -0.00880. The molecule has 2 atom stereocenters. The van der Waals surface area contributed by atoms with Gasteiger partial charge in [0, 0.05) is 13.1 Å². The third-order valence-electron chi connectivity index (χ3n) is 5.21. The number of aryl methyl sites for hydroxylation is 1. The van der Waals surface area contributed by atoms with E-state index in [2.05, 4.69) is 15.1 Å². The predicted molar refractivity (Wildman–Crippen MR) is 91.7 cm³/mol. The summed E-state index contributed by atoms with van der Waals surface area (Å²) in [4.78, 5) is 2.31. The van der Waals surface area contributed by atoms with Crippen LogP contribution in [-0.2, 0) is 19.2 Å². The van der Waals surface area contributed by atoms with E-state index in [0.29, 0.717) is 6.54 Å². The van der Waals surface area contributed by atoms with E-state index in [0.717, 1.165) is 42.3 Å². The minimum Gasteiger partial charge on any atom is -0.497 e. The van der Waals surface area contributed by atoms with Gasteiger partial charge in [-0.3, -0.25) is 4.90 Å². The van der Waals surface area contributed by atoms with Gasteiger partial charge in [0.05, 0.1) is 13.7 Å². The number of likely N-dealkylation sites (tertiary alicyclic amines) is 1. The van der Waals surface area contributed by atoms with Crippen LogP contribution < -0.4 is 4.74 Å². The smallest absolute Gasteiger partial charge is 0.146 e. The van der Waals surface area contributed by atoms with Crippen molar-refractivity contribution in [2.75, 3.05) is 13.7 Å². The molecule has 0 spiro atoms. The van der Waals surface area contributed by atoms with Gasteiger partial charge in [0.25, 0.3) is 0 Å². The molecular weight excluding hydrogens is 304 g/mol. The van der Waals surface area contributed by atoms with Crippen molar-refractivity contribution < 1.29 is 9.84 Å². The zero-order chi connectivity index (χ0) is 17.3. The summed E-state index contributed by atoms with van der Waals surface area (Å²) < 4.78 is 7.22. The van der Waals surface area contributed by atoms with Gasteiger partial charge in [0.1, 0.15) is 23.0 Å². The summed E-state index contributed by atoms with van der Waals surface area (Å²) in [7, 11) is 3.63. The maximum atomic E-state index is 11.2. The van der Waals surface area contributed by atoms with Crippen LogP contribution in [0.15, 0.2) is 24.3 Å². The van der Waals surface area contributed by atoms with Crippen molar-refractivity contribution in [3.63, 3.8) is 0 Å². The first-order chi connectivity index (χ1) is 11.4. The second-order valence-corrected chi connectivity index (χ2v) is 6.73. The maximum absolute atomic E-state index is 11.2. The van der Waals surface area contributed by atoms with Crippen molar-refractivity contribution in [1.82, 2.24) is 19.7 Å². The Bertz CT molecular complexity index is 694. The van der Waals surface area contributed by atoms with Gasteiger partial charge >= 0.3 is 0 Å². The van der Waals surface area contributed by atoms with Crippen molar-refractivity contribution in [2.45, 2.75) is 44.9 Å². The summed E-state index contributed by atoms with van der Waals surface area (Å²) in [5, 5.41) is 19.6. The van der Waals surface area contributed by atoms with Crippen LogP contribution in [-0.4, -0.2) is 44.5 Å². The van der Waals surface area contributed by atoms with Gasteiger partial charge in [-0.1, -0.05) is 12.1 Å². The highest BCUT2D eigenvalue weighted by atomic mass is 16.5. The van der Waals surface area contributed by atoms with Crippen LogP contribution in [0.25, 0.3) is 0 Å². The van der Waals surface area contributed by atoms with Crippen LogP contribution in [0.5, 0.6) is 5.75 Å². The molecule has 2 heterocycles. The van der Waals surface area contributed by atoms with E-state index < -0.39 is 5.60 Å². The quantitative estimate of drug-likeness (QED) is 0.908. The Morgan fingerprint density at radius 2 is 2.00 bits per heavy atom. The molecule has 24 heavy (non-hydrogen) atoms. The van der Waals surface area contributed by atoms with Crippen molar-refractivity contribution in [1.29, 1.82) is 0 Å². The minimum atomic E-state index is -0.920. The summed E-state index contributed by atoms with van der Waals surface area (Å²) in [6.45, 7) is 5.52. The van der Waals surface area contributed by atoms with E-state index in [-0.39, 0.29) is 6.04 Å². The minimum absolute atomic E-state index is 0.0582. The van der Waals surface area contributed by atoms with E-state index in [1.54, 1.807) is 7.11 Å². The maximum Gasteiger partial charge on any atom is 0.146 e. The Labute approximate surface area is 143 Å². The molecule has 130 valence electrons. The van der Waals surface area contributed by atoms with Crippen molar-refractivity contribution in [3.05, 3.63) is 41.5 Å². The Kier molecular flexibility index (Phi) is 4.60. The molecule has 0 unspecified atom stereocenters. The molecule has 1 N–H and O–H groups in total. The van der Waals surface area contributed by atoms with Gasteiger partial charge in [0.2, 0.25) is 0 Å². The van der Waals surface area contributed by atoms with E-state index in [1.807, 2.05) is 49.7 Å². The number of rotatable bonds is 5. The van der Waals surface area contributed by atoms with Crippen LogP contribution in [0.1, 0.15) is 37.0 Å². The highest BCUT2D eigenvalue weighted by molar-refractivity contribution is 5.31. The molecule has 1 aliphatic heterocycles. The van der Waals surface area contributed by atoms with Crippen LogP contribution in [0.4, 0.5) is 0 Å². The average molecular weight is 330 g/mol. The molecule has 1 aliphatic rings. The fraction of sp³-hybridized carbons (Fsp3) is 0.556. The second-order valence-electron chi connectivity index (χ2n) is 6.73. The van der Waals surface area contributed by atoms with Crippen LogP contribution in [0.2, 0.25) is 0 Å². The first kappa shape index (κ1) is 16.9. The van der Waals surface area contributed by atoms with Crippen molar-refractivity contribution >= 4 is 0 Å². The van der Waals surface area contributed by atoms with Gasteiger partial charge in [-0.15, -0.1) is 10.2 Å². The number of methoxy groups -OCH3 is 1. The van der Waals surface area contributed by atoms with Crippen molar-refractivity contribution in [2.24, 2.45) is 7.05 Å². The molecule has 3 rings (SSSR count). The standard InChI is InChI=1S/C18H26N4O2/c1-13-19-20-17(21(13)3)12-22-11-5-6-16(22)18(2,23)14-7-9-15(24-4)10-8-14/h7-10,16,23H,5-6,11-12H2,1-4H3/t16-,18-/m0/s1. The molecule has 0 bridgehead atoms. The normalized spacial score (nSPS) is 21.0. The highest BCUT2D eigenvalue weighted by Gasteiger charge is 2.40. The zero-order valence-corrected chi connectivity index (χ0v) is 14.9. The Morgan fingerprint density at radius 1 is 1.29 bits per heavy atom. The number of aliphatic hydroxyl groups is 1. The summed E-state index contributed by atoms with van der Waals surface area (Å²) in [6.07, 6.45) is 2.05. The average Bonchev–Trinajstić information content (AvgIpc) is 3.17. The second kappa shape index (κ2) is 6.53. The Hall–Kier alpha value is -1.92. The van der Waals surface area contributed by atoms with E-state index in [9.17, 15) is 5.11 Å². The monoisotopic (exact) mass is 330 g/mol. The molecule has 2 aromatic rings. The Morgan fingerprint density at radius 3 is 2.58 bits per heavy atom. The van der Waals surface area contributed by atoms with Gasteiger partial charge < -0.3 is 14.4 Å². The van der Waals surface area contributed by atoms with E-state index in [1.165, 1.54) is 0 Å². The summed E-state index contributed by atoms with van der Waals surface area (Å²) in [6, 6.07) is 7.75. The number of benzene rings is 1. The van der Waals surface area contributed by atoms with Crippen molar-refractivity contribution in [3.8, 4) is 5.75 Å². The first-order valence-electron chi connectivity index (χ1n) is 8.39. The van der Waals surface area contributed by atoms with Gasteiger partial charge in [-0.05, 0) is 50.9 Å². The van der Waals surface area contributed by atoms with E-state index >= 15 is 0 Å². The molecule has 1 fully saturated rings. The lowest BCUT2D eigenvalue weighted by Crippen LogP contribution is -2.45.